The Morgan fingerprint density at radius 1 is 1.35 bits per heavy atom. The number of aryl methyl sites for hydroxylation is 1. The second-order valence-corrected chi connectivity index (χ2v) is 6.21. The Morgan fingerprint density at radius 2 is 2.20 bits per heavy atom. The van der Waals surface area contributed by atoms with Crippen LogP contribution in [0.2, 0.25) is 0 Å². The lowest BCUT2D eigenvalue weighted by Gasteiger charge is -2.30. The summed E-state index contributed by atoms with van der Waals surface area (Å²) in [6.45, 7) is 2.17. The zero-order chi connectivity index (χ0) is 14.1. The van der Waals surface area contributed by atoms with Crippen molar-refractivity contribution >= 4 is 11.3 Å². The minimum Gasteiger partial charge on any atom is -0.497 e. The molecule has 0 fully saturated rings. The SMILES string of the molecule is CCc1ccc(C2CC(N)c3cc(OC)ccc3O2)s1. The smallest absolute Gasteiger partial charge is 0.135 e. The fourth-order valence-corrected chi connectivity index (χ4v) is 3.54. The fraction of sp³-hybridized carbons (Fsp3) is 0.375. The molecule has 2 atom stereocenters. The summed E-state index contributed by atoms with van der Waals surface area (Å²) >= 11 is 1.82. The molecule has 20 heavy (non-hydrogen) atoms. The van der Waals surface area contributed by atoms with Crippen LogP contribution in [0, 0.1) is 0 Å². The summed E-state index contributed by atoms with van der Waals surface area (Å²) in [5, 5.41) is 0. The molecule has 3 nitrogen and oxygen atoms in total. The molecule has 0 saturated carbocycles. The molecule has 0 bridgehead atoms. The summed E-state index contributed by atoms with van der Waals surface area (Å²) in [4.78, 5) is 2.65. The van der Waals surface area contributed by atoms with Gasteiger partial charge in [0.25, 0.3) is 0 Å². The van der Waals surface area contributed by atoms with Gasteiger partial charge in [0.1, 0.15) is 17.6 Å². The van der Waals surface area contributed by atoms with Crippen LogP contribution in [0.4, 0.5) is 0 Å². The van der Waals surface area contributed by atoms with Crippen LogP contribution in [0.3, 0.4) is 0 Å². The van der Waals surface area contributed by atoms with E-state index < -0.39 is 0 Å². The minimum atomic E-state index is -0.00831. The molecular weight excluding hydrogens is 270 g/mol. The Labute approximate surface area is 123 Å². The van der Waals surface area contributed by atoms with Crippen LogP contribution >= 0.6 is 11.3 Å². The van der Waals surface area contributed by atoms with Crippen LogP contribution in [0.25, 0.3) is 0 Å². The first-order chi connectivity index (χ1) is 9.71. The third-order valence-corrected chi connectivity index (χ3v) is 5.02. The van der Waals surface area contributed by atoms with Crippen molar-refractivity contribution < 1.29 is 9.47 Å². The van der Waals surface area contributed by atoms with Gasteiger partial charge in [0.05, 0.1) is 7.11 Å². The van der Waals surface area contributed by atoms with E-state index in [-0.39, 0.29) is 12.1 Å². The van der Waals surface area contributed by atoms with Crippen molar-refractivity contribution in [2.75, 3.05) is 7.11 Å². The lowest BCUT2D eigenvalue weighted by Crippen LogP contribution is -2.23. The molecule has 3 rings (SSSR count). The van der Waals surface area contributed by atoms with E-state index in [9.17, 15) is 0 Å². The van der Waals surface area contributed by atoms with Crippen molar-refractivity contribution in [3.8, 4) is 11.5 Å². The van der Waals surface area contributed by atoms with Crippen molar-refractivity contribution in [3.05, 3.63) is 45.6 Å². The van der Waals surface area contributed by atoms with Crippen molar-refractivity contribution in [2.24, 2.45) is 5.73 Å². The molecule has 106 valence electrons. The number of ether oxygens (including phenoxy) is 2. The molecule has 2 heterocycles. The van der Waals surface area contributed by atoms with E-state index in [4.69, 9.17) is 15.2 Å². The Morgan fingerprint density at radius 3 is 2.90 bits per heavy atom. The first kappa shape index (κ1) is 13.5. The Kier molecular flexibility index (Phi) is 3.68. The van der Waals surface area contributed by atoms with Gasteiger partial charge in [-0.3, -0.25) is 0 Å². The molecule has 0 saturated heterocycles. The van der Waals surface area contributed by atoms with Gasteiger partial charge in [-0.05, 0) is 36.8 Å². The second kappa shape index (κ2) is 5.46. The number of rotatable bonds is 3. The van der Waals surface area contributed by atoms with Crippen molar-refractivity contribution in [2.45, 2.75) is 31.9 Å². The highest BCUT2D eigenvalue weighted by molar-refractivity contribution is 7.12. The van der Waals surface area contributed by atoms with Crippen LogP contribution in [-0.4, -0.2) is 7.11 Å². The number of thiophene rings is 1. The largest absolute Gasteiger partial charge is 0.497 e. The van der Waals surface area contributed by atoms with Crippen LogP contribution in [0.5, 0.6) is 11.5 Å². The summed E-state index contributed by atoms with van der Waals surface area (Å²) < 4.78 is 11.4. The van der Waals surface area contributed by atoms with Crippen LogP contribution in [0.1, 0.15) is 40.8 Å². The summed E-state index contributed by atoms with van der Waals surface area (Å²) in [7, 11) is 1.66. The zero-order valence-corrected chi connectivity index (χ0v) is 12.6. The molecule has 0 spiro atoms. The predicted octanol–water partition coefficient (Wildman–Crippen LogP) is 3.84. The molecule has 0 radical (unpaired) electrons. The van der Waals surface area contributed by atoms with Gasteiger partial charge in [0.15, 0.2) is 0 Å². The first-order valence-electron chi connectivity index (χ1n) is 6.90. The first-order valence-corrected chi connectivity index (χ1v) is 7.71. The Balaban J connectivity index is 1.88. The van der Waals surface area contributed by atoms with Gasteiger partial charge < -0.3 is 15.2 Å². The molecular formula is C16H19NO2S. The van der Waals surface area contributed by atoms with Crippen molar-refractivity contribution in [3.63, 3.8) is 0 Å². The topological polar surface area (TPSA) is 44.5 Å². The predicted molar refractivity (Wildman–Crippen MR) is 81.6 cm³/mol. The van der Waals surface area contributed by atoms with Gasteiger partial charge in [0.2, 0.25) is 0 Å². The molecule has 1 aromatic carbocycles. The number of hydrogen-bond donors (Lipinski definition) is 1. The maximum Gasteiger partial charge on any atom is 0.135 e. The number of benzene rings is 1. The van der Waals surface area contributed by atoms with Crippen molar-refractivity contribution in [1.82, 2.24) is 0 Å². The molecule has 0 amide bonds. The molecule has 4 heteroatoms. The van der Waals surface area contributed by atoms with Gasteiger partial charge in [-0.1, -0.05) is 6.92 Å². The van der Waals surface area contributed by atoms with E-state index in [0.717, 1.165) is 29.9 Å². The molecule has 2 unspecified atom stereocenters. The highest BCUT2D eigenvalue weighted by Gasteiger charge is 2.28. The number of methoxy groups -OCH3 is 1. The maximum absolute atomic E-state index is 6.31. The molecule has 1 aliphatic rings. The summed E-state index contributed by atoms with van der Waals surface area (Å²) in [6, 6.07) is 10.2. The van der Waals surface area contributed by atoms with E-state index in [1.54, 1.807) is 7.11 Å². The lowest BCUT2D eigenvalue weighted by molar-refractivity contribution is 0.164. The maximum atomic E-state index is 6.31. The van der Waals surface area contributed by atoms with Crippen LogP contribution < -0.4 is 15.2 Å². The van der Waals surface area contributed by atoms with E-state index in [1.807, 2.05) is 29.5 Å². The van der Waals surface area contributed by atoms with Gasteiger partial charge >= 0.3 is 0 Å². The highest BCUT2D eigenvalue weighted by Crippen LogP contribution is 2.42. The fourth-order valence-electron chi connectivity index (χ4n) is 2.54. The third-order valence-electron chi connectivity index (χ3n) is 3.70. The second-order valence-electron chi connectivity index (χ2n) is 5.01. The lowest BCUT2D eigenvalue weighted by atomic mass is 9.96. The quantitative estimate of drug-likeness (QED) is 0.933. The van der Waals surface area contributed by atoms with E-state index in [0.29, 0.717) is 0 Å². The Bertz CT molecular complexity index is 608. The third kappa shape index (κ3) is 2.41. The standard InChI is InChI=1S/C16H19NO2S/c1-3-11-5-7-16(20-11)15-9-13(17)12-8-10(18-2)4-6-14(12)19-15/h4-8,13,15H,3,9,17H2,1-2H3. The highest BCUT2D eigenvalue weighted by atomic mass is 32.1. The van der Waals surface area contributed by atoms with Gasteiger partial charge in [-0.25, -0.2) is 0 Å². The normalized spacial score (nSPS) is 21.1. The average Bonchev–Trinajstić information content (AvgIpc) is 2.96. The van der Waals surface area contributed by atoms with Crippen LogP contribution in [-0.2, 0) is 6.42 Å². The summed E-state index contributed by atoms with van der Waals surface area (Å²) in [5.74, 6) is 1.70. The van der Waals surface area contributed by atoms with E-state index >= 15 is 0 Å². The molecule has 2 aromatic rings. The minimum absolute atomic E-state index is 0.00831. The molecule has 1 aliphatic heterocycles. The number of hydrogen-bond acceptors (Lipinski definition) is 4. The average molecular weight is 289 g/mol. The molecule has 1 aromatic heterocycles. The van der Waals surface area contributed by atoms with E-state index in [2.05, 4.69) is 19.1 Å². The van der Waals surface area contributed by atoms with E-state index in [1.165, 1.54) is 9.75 Å². The summed E-state index contributed by atoms with van der Waals surface area (Å²) in [5.41, 5.74) is 7.34. The number of nitrogens with two attached hydrogens (primary N) is 1. The Hall–Kier alpha value is -1.52. The zero-order valence-electron chi connectivity index (χ0n) is 11.8. The van der Waals surface area contributed by atoms with Crippen molar-refractivity contribution in [1.29, 1.82) is 0 Å². The van der Waals surface area contributed by atoms with Crippen LogP contribution in [0.15, 0.2) is 30.3 Å². The molecule has 2 N–H and O–H groups in total. The van der Waals surface area contributed by atoms with Gasteiger partial charge in [0, 0.05) is 27.8 Å². The summed E-state index contributed by atoms with van der Waals surface area (Å²) in [6.07, 6.45) is 1.94. The molecule has 0 aliphatic carbocycles. The van der Waals surface area contributed by atoms with Gasteiger partial charge in [-0.15, -0.1) is 11.3 Å². The monoisotopic (exact) mass is 289 g/mol. The number of fused-ring (bicyclic) bond motifs is 1. The van der Waals surface area contributed by atoms with Gasteiger partial charge in [-0.2, -0.15) is 0 Å².